The van der Waals surface area contributed by atoms with Gasteiger partial charge in [-0.2, -0.15) is 4.52 Å². The van der Waals surface area contributed by atoms with Crippen LogP contribution in [0, 0.1) is 6.92 Å². The third-order valence-electron chi connectivity index (χ3n) is 2.18. The number of hydrogen-bond acceptors (Lipinski definition) is 6. The van der Waals surface area contributed by atoms with E-state index in [2.05, 4.69) is 20.0 Å². The number of hydrogen-bond donors (Lipinski definition) is 1. The Balaban J connectivity index is 2.73. The molecular formula is C9H9N5O3. The Morgan fingerprint density at radius 2 is 2.18 bits per heavy atom. The number of carbonyl (C=O) groups is 2. The van der Waals surface area contributed by atoms with Crippen LogP contribution in [0.5, 0.6) is 0 Å². The van der Waals surface area contributed by atoms with Crippen molar-refractivity contribution in [2.45, 2.75) is 6.92 Å². The van der Waals surface area contributed by atoms with Crippen molar-refractivity contribution in [3.63, 3.8) is 0 Å². The van der Waals surface area contributed by atoms with Gasteiger partial charge in [0.05, 0.1) is 7.11 Å². The second-order valence-corrected chi connectivity index (χ2v) is 3.31. The van der Waals surface area contributed by atoms with Crippen molar-refractivity contribution in [2.75, 3.05) is 7.11 Å². The molecule has 8 heteroatoms. The summed E-state index contributed by atoms with van der Waals surface area (Å²) in [4.78, 5) is 26.4. The van der Waals surface area contributed by atoms with Gasteiger partial charge in [0.25, 0.3) is 5.91 Å². The van der Waals surface area contributed by atoms with Gasteiger partial charge in [-0.3, -0.25) is 4.79 Å². The van der Waals surface area contributed by atoms with Crippen molar-refractivity contribution < 1.29 is 14.3 Å². The maximum absolute atomic E-state index is 11.4. The number of aryl methyl sites for hydroxylation is 1. The van der Waals surface area contributed by atoms with E-state index in [1.54, 1.807) is 6.92 Å². The smallest absolute Gasteiger partial charge is 0.356 e. The second kappa shape index (κ2) is 3.81. The molecule has 0 aliphatic heterocycles. The molecule has 0 atom stereocenters. The van der Waals surface area contributed by atoms with Crippen LogP contribution in [0.25, 0.3) is 5.65 Å². The minimum absolute atomic E-state index is 0.0716. The lowest BCUT2D eigenvalue weighted by molar-refractivity contribution is 0.0593. The zero-order valence-corrected chi connectivity index (χ0v) is 9.17. The van der Waals surface area contributed by atoms with Gasteiger partial charge in [0, 0.05) is 5.69 Å². The fourth-order valence-corrected chi connectivity index (χ4v) is 1.39. The largest absolute Gasteiger partial charge is 0.464 e. The second-order valence-electron chi connectivity index (χ2n) is 3.31. The summed E-state index contributed by atoms with van der Waals surface area (Å²) in [5.74, 6) is -1.36. The zero-order chi connectivity index (χ0) is 12.6. The van der Waals surface area contributed by atoms with E-state index in [1.807, 2.05) is 0 Å². The highest BCUT2D eigenvalue weighted by molar-refractivity contribution is 5.97. The fourth-order valence-electron chi connectivity index (χ4n) is 1.39. The van der Waals surface area contributed by atoms with Crippen molar-refractivity contribution in [2.24, 2.45) is 5.73 Å². The molecule has 0 aromatic carbocycles. The Labute approximate surface area is 95.4 Å². The van der Waals surface area contributed by atoms with E-state index in [0.29, 0.717) is 5.69 Å². The summed E-state index contributed by atoms with van der Waals surface area (Å²) in [5.41, 5.74) is 5.84. The third kappa shape index (κ3) is 1.69. The molecule has 0 aliphatic rings. The number of carbonyl (C=O) groups excluding carboxylic acids is 2. The summed E-state index contributed by atoms with van der Waals surface area (Å²) in [5, 5.41) is 7.32. The maximum atomic E-state index is 11.4. The summed E-state index contributed by atoms with van der Waals surface area (Å²) in [6.45, 7) is 1.70. The molecule has 88 valence electrons. The molecule has 0 spiro atoms. The number of aromatic nitrogens is 4. The first-order chi connectivity index (χ1) is 8.04. The van der Waals surface area contributed by atoms with Crippen LogP contribution in [0.2, 0.25) is 0 Å². The normalized spacial score (nSPS) is 10.5. The van der Waals surface area contributed by atoms with E-state index in [0.717, 1.165) is 0 Å². The van der Waals surface area contributed by atoms with Crippen LogP contribution in [0.15, 0.2) is 6.07 Å². The van der Waals surface area contributed by atoms with E-state index in [1.165, 1.54) is 17.7 Å². The third-order valence-corrected chi connectivity index (χ3v) is 2.18. The predicted octanol–water partition coefficient (Wildman–Crippen LogP) is -0.682. The first kappa shape index (κ1) is 11.0. The van der Waals surface area contributed by atoms with Crippen LogP contribution in [0.3, 0.4) is 0 Å². The highest BCUT2D eigenvalue weighted by atomic mass is 16.5. The molecule has 0 unspecified atom stereocenters. The summed E-state index contributed by atoms with van der Waals surface area (Å²) in [7, 11) is 1.24. The van der Waals surface area contributed by atoms with Gasteiger partial charge in [-0.1, -0.05) is 5.21 Å². The number of fused-ring (bicyclic) bond motifs is 1. The molecule has 8 nitrogen and oxygen atoms in total. The van der Waals surface area contributed by atoms with Crippen LogP contribution in [0.4, 0.5) is 0 Å². The van der Waals surface area contributed by atoms with Gasteiger partial charge in [-0.25, -0.2) is 9.78 Å². The molecule has 2 aromatic heterocycles. The number of primary amides is 1. The summed E-state index contributed by atoms with van der Waals surface area (Å²) < 4.78 is 5.88. The molecule has 0 fully saturated rings. The number of methoxy groups -OCH3 is 1. The van der Waals surface area contributed by atoms with E-state index in [9.17, 15) is 9.59 Å². The Morgan fingerprint density at radius 1 is 1.47 bits per heavy atom. The molecule has 0 saturated carbocycles. The number of ether oxygens (including phenoxy) is 1. The number of amides is 1. The van der Waals surface area contributed by atoms with Crippen LogP contribution in [-0.4, -0.2) is 38.8 Å². The maximum Gasteiger partial charge on any atom is 0.356 e. The topological polar surface area (TPSA) is 112 Å². The lowest BCUT2D eigenvalue weighted by Gasteiger charge is -2.02. The van der Waals surface area contributed by atoms with E-state index in [-0.39, 0.29) is 17.0 Å². The molecule has 2 aromatic rings. The monoisotopic (exact) mass is 235 g/mol. The minimum Gasteiger partial charge on any atom is -0.464 e. The number of esters is 1. The molecule has 0 aliphatic carbocycles. The van der Waals surface area contributed by atoms with E-state index >= 15 is 0 Å². The molecule has 0 radical (unpaired) electrons. The van der Waals surface area contributed by atoms with Gasteiger partial charge >= 0.3 is 5.97 Å². The average molecular weight is 235 g/mol. The van der Waals surface area contributed by atoms with Gasteiger partial charge in [0.2, 0.25) is 0 Å². The number of nitrogens with zero attached hydrogens (tertiary/aromatic N) is 4. The van der Waals surface area contributed by atoms with Gasteiger partial charge < -0.3 is 10.5 Å². The van der Waals surface area contributed by atoms with Crippen molar-refractivity contribution >= 4 is 17.5 Å². The summed E-state index contributed by atoms with van der Waals surface area (Å²) in [6, 6.07) is 1.48. The Morgan fingerprint density at radius 3 is 2.76 bits per heavy atom. The van der Waals surface area contributed by atoms with Gasteiger partial charge in [-0.05, 0) is 13.0 Å². The summed E-state index contributed by atoms with van der Waals surface area (Å²) in [6.07, 6.45) is 0. The van der Waals surface area contributed by atoms with Crippen LogP contribution < -0.4 is 5.73 Å². The van der Waals surface area contributed by atoms with E-state index in [4.69, 9.17) is 5.73 Å². The highest BCUT2D eigenvalue weighted by Crippen LogP contribution is 2.10. The molecule has 2 rings (SSSR count). The number of rotatable bonds is 2. The van der Waals surface area contributed by atoms with Crippen LogP contribution in [-0.2, 0) is 4.74 Å². The van der Waals surface area contributed by atoms with Crippen molar-refractivity contribution in [1.29, 1.82) is 0 Å². The molecule has 2 heterocycles. The van der Waals surface area contributed by atoms with Crippen LogP contribution in [0.1, 0.15) is 26.7 Å². The van der Waals surface area contributed by atoms with E-state index < -0.39 is 11.9 Å². The molecule has 1 amide bonds. The zero-order valence-electron chi connectivity index (χ0n) is 9.17. The lowest BCUT2D eigenvalue weighted by Crippen LogP contribution is -2.14. The molecule has 0 saturated heterocycles. The van der Waals surface area contributed by atoms with Crippen molar-refractivity contribution in [3.8, 4) is 0 Å². The molecule has 0 bridgehead atoms. The Hall–Kier alpha value is -2.51. The van der Waals surface area contributed by atoms with Gasteiger partial charge in [0.1, 0.15) is 0 Å². The lowest BCUT2D eigenvalue weighted by atomic mass is 10.3. The van der Waals surface area contributed by atoms with Crippen molar-refractivity contribution in [1.82, 2.24) is 19.8 Å². The molecular weight excluding hydrogens is 226 g/mol. The Bertz CT molecular complexity index is 618. The first-order valence-electron chi connectivity index (χ1n) is 4.65. The number of nitrogens with two attached hydrogens (primary N) is 1. The first-order valence-corrected chi connectivity index (χ1v) is 4.65. The predicted molar refractivity (Wildman–Crippen MR) is 55.4 cm³/mol. The Kier molecular flexibility index (Phi) is 2.47. The SMILES string of the molecule is COC(=O)c1cc(C)n2nnc(C(N)=O)c2n1. The van der Waals surface area contributed by atoms with Crippen molar-refractivity contribution in [3.05, 3.63) is 23.1 Å². The molecule has 2 N–H and O–H groups in total. The summed E-state index contributed by atoms with van der Waals surface area (Å²) >= 11 is 0. The fraction of sp³-hybridized carbons (Fsp3) is 0.222. The van der Waals surface area contributed by atoms with Gasteiger partial charge in [0.15, 0.2) is 17.0 Å². The minimum atomic E-state index is -0.756. The van der Waals surface area contributed by atoms with Gasteiger partial charge in [-0.15, -0.1) is 5.10 Å². The average Bonchev–Trinajstić information content (AvgIpc) is 2.72. The quantitative estimate of drug-likeness (QED) is 0.690. The molecule has 17 heavy (non-hydrogen) atoms. The van der Waals surface area contributed by atoms with Crippen LogP contribution >= 0.6 is 0 Å². The highest BCUT2D eigenvalue weighted by Gasteiger charge is 2.18. The standard InChI is InChI=1S/C9H9N5O3/c1-4-3-5(9(16)17-2)11-8-6(7(10)15)12-13-14(4)8/h3H,1-2H3,(H2,10,15).